The Morgan fingerprint density at radius 2 is 1.84 bits per heavy atom. The summed E-state index contributed by atoms with van der Waals surface area (Å²) in [5.74, 6) is 0.781. The van der Waals surface area contributed by atoms with Gasteiger partial charge in [-0.05, 0) is 42.4 Å². The van der Waals surface area contributed by atoms with Crippen molar-refractivity contribution >= 4 is 0 Å². The summed E-state index contributed by atoms with van der Waals surface area (Å²) in [7, 11) is 0. The number of aliphatic hydroxyl groups excluding tert-OH is 1. The van der Waals surface area contributed by atoms with Gasteiger partial charge in [-0.3, -0.25) is 0 Å². The van der Waals surface area contributed by atoms with Gasteiger partial charge in [-0.25, -0.2) is 0 Å². The average molecular weight is 252 g/mol. The third-order valence-electron chi connectivity index (χ3n) is 3.88. The van der Waals surface area contributed by atoms with Crippen LogP contribution in [0.25, 0.3) is 0 Å². The highest BCUT2D eigenvalue weighted by Crippen LogP contribution is 2.40. The molecule has 2 aromatic rings. The minimum atomic E-state index is -0.407. The first-order valence-corrected chi connectivity index (χ1v) is 7.06. The molecule has 1 unspecified atom stereocenters. The van der Waals surface area contributed by atoms with Crippen molar-refractivity contribution in [3.05, 3.63) is 70.8 Å². The maximum Gasteiger partial charge on any atom is 0.0830 e. The van der Waals surface area contributed by atoms with Gasteiger partial charge in [0.05, 0.1) is 6.10 Å². The fourth-order valence-corrected chi connectivity index (χ4v) is 2.59. The van der Waals surface area contributed by atoms with Crippen LogP contribution in [0.5, 0.6) is 0 Å². The third kappa shape index (κ3) is 3.05. The van der Waals surface area contributed by atoms with Crippen molar-refractivity contribution in [2.45, 2.75) is 38.2 Å². The normalized spacial score (nSPS) is 16.3. The molecule has 0 spiro atoms. The van der Waals surface area contributed by atoms with Crippen molar-refractivity contribution in [1.82, 2.24) is 0 Å². The van der Waals surface area contributed by atoms with Gasteiger partial charge in [-0.2, -0.15) is 0 Å². The van der Waals surface area contributed by atoms with Crippen molar-refractivity contribution in [3.63, 3.8) is 0 Å². The molecule has 3 rings (SSSR count). The lowest BCUT2D eigenvalue weighted by Crippen LogP contribution is -2.02. The highest BCUT2D eigenvalue weighted by molar-refractivity contribution is 5.30. The highest BCUT2D eigenvalue weighted by atomic mass is 16.3. The molecule has 0 saturated heterocycles. The maximum absolute atomic E-state index is 10.3. The second kappa shape index (κ2) is 5.18. The first-order chi connectivity index (χ1) is 9.22. The van der Waals surface area contributed by atoms with Crippen LogP contribution in [0.15, 0.2) is 48.5 Å². The van der Waals surface area contributed by atoms with E-state index in [-0.39, 0.29) is 0 Å². The van der Waals surface area contributed by atoms with Gasteiger partial charge in [-0.1, -0.05) is 54.1 Å². The molecule has 1 fully saturated rings. The monoisotopic (exact) mass is 252 g/mol. The average Bonchev–Trinajstić information content (AvgIpc) is 3.23. The molecule has 2 aromatic carbocycles. The van der Waals surface area contributed by atoms with Crippen LogP contribution in [-0.4, -0.2) is 5.11 Å². The van der Waals surface area contributed by atoms with E-state index in [1.165, 1.54) is 29.5 Å². The first-order valence-electron chi connectivity index (χ1n) is 7.06. The summed E-state index contributed by atoms with van der Waals surface area (Å²) in [6.45, 7) is 2.08. The summed E-state index contributed by atoms with van der Waals surface area (Å²) in [6, 6.07) is 16.9. The second-order valence-electron chi connectivity index (χ2n) is 5.65. The van der Waals surface area contributed by atoms with Gasteiger partial charge in [0.25, 0.3) is 0 Å². The molecule has 0 bridgehead atoms. The minimum absolute atomic E-state index is 0.407. The van der Waals surface area contributed by atoms with Gasteiger partial charge in [0, 0.05) is 6.42 Å². The Kier molecular flexibility index (Phi) is 3.39. The molecule has 1 heteroatoms. The van der Waals surface area contributed by atoms with E-state index < -0.39 is 6.10 Å². The minimum Gasteiger partial charge on any atom is -0.388 e. The van der Waals surface area contributed by atoms with E-state index in [4.69, 9.17) is 0 Å². The van der Waals surface area contributed by atoms with Crippen molar-refractivity contribution in [2.75, 3.05) is 0 Å². The number of hydrogen-bond acceptors (Lipinski definition) is 1. The van der Waals surface area contributed by atoms with E-state index in [9.17, 15) is 5.11 Å². The summed E-state index contributed by atoms with van der Waals surface area (Å²) in [4.78, 5) is 0. The van der Waals surface area contributed by atoms with Crippen molar-refractivity contribution < 1.29 is 5.11 Å². The SMILES string of the molecule is Cc1cccc(CC(O)c2ccc(C3CC3)cc2)c1. The molecular formula is C18H20O. The second-order valence-corrected chi connectivity index (χ2v) is 5.65. The zero-order valence-corrected chi connectivity index (χ0v) is 11.3. The zero-order valence-electron chi connectivity index (χ0n) is 11.3. The summed E-state index contributed by atoms with van der Waals surface area (Å²) in [6.07, 6.45) is 2.93. The van der Waals surface area contributed by atoms with Crippen LogP contribution in [0.4, 0.5) is 0 Å². The number of hydrogen-bond donors (Lipinski definition) is 1. The smallest absolute Gasteiger partial charge is 0.0830 e. The molecule has 1 aliphatic carbocycles. The van der Waals surface area contributed by atoms with Crippen molar-refractivity contribution in [2.24, 2.45) is 0 Å². The largest absolute Gasteiger partial charge is 0.388 e. The molecule has 19 heavy (non-hydrogen) atoms. The van der Waals surface area contributed by atoms with Crippen LogP contribution in [0.3, 0.4) is 0 Å². The molecule has 0 amide bonds. The Hall–Kier alpha value is -1.60. The molecule has 0 radical (unpaired) electrons. The molecule has 0 aliphatic heterocycles. The Balaban J connectivity index is 1.70. The Labute approximate surface area is 114 Å². The number of aliphatic hydroxyl groups is 1. The van der Waals surface area contributed by atoms with Crippen LogP contribution in [0.1, 0.15) is 47.1 Å². The van der Waals surface area contributed by atoms with E-state index in [0.29, 0.717) is 6.42 Å². The lowest BCUT2D eigenvalue weighted by Gasteiger charge is -2.12. The fraction of sp³-hybridized carbons (Fsp3) is 0.333. The Bertz CT molecular complexity index is 552. The van der Waals surface area contributed by atoms with Crippen LogP contribution in [-0.2, 0) is 6.42 Å². The van der Waals surface area contributed by atoms with Crippen LogP contribution in [0.2, 0.25) is 0 Å². The van der Waals surface area contributed by atoms with Gasteiger partial charge in [0.2, 0.25) is 0 Å². The summed E-state index contributed by atoms with van der Waals surface area (Å²) in [5, 5.41) is 10.3. The van der Waals surface area contributed by atoms with Gasteiger partial charge in [0.1, 0.15) is 0 Å². The van der Waals surface area contributed by atoms with Gasteiger partial charge in [-0.15, -0.1) is 0 Å². The molecule has 0 aromatic heterocycles. The van der Waals surface area contributed by atoms with Crippen molar-refractivity contribution in [3.8, 4) is 0 Å². The lowest BCUT2D eigenvalue weighted by molar-refractivity contribution is 0.178. The standard InChI is InChI=1S/C18H20O/c1-13-3-2-4-14(11-13)12-18(19)17-9-7-16(8-10-17)15-5-6-15/h2-4,7-11,15,18-19H,5-6,12H2,1H3. The zero-order chi connectivity index (χ0) is 13.2. The number of benzene rings is 2. The summed E-state index contributed by atoms with van der Waals surface area (Å²) < 4.78 is 0. The molecular weight excluding hydrogens is 232 g/mol. The van der Waals surface area contributed by atoms with Gasteiger partial charge >= 0.3 is 0 Å². The Morgan fingerprint density at radius 1 is 1.11 bits per heavy atom. The summed E-state index contributed by atoms with van der Waals surface area (Å²) in [5.41, 5.74) is 4.88. The fourth-order valence-electron chi connectivity index (χ4n) is 2.59. The summed E-state index contributed by atoms with van der Waals surface area (Å²) >= 11 is 0. The molecule has 1 saturated carbocycles. The molecule has 0 heterocycles. The predicted octanol–water partition coefficient (Wildman–Crippen LogP) is 4.15. The number of aryl methyl sites for hydroxylation is 1. The van der Waals surface area contributed by atoms with Gasteiger partial charge in [0.15, 0.2) is 0 Å². The van der Waals surface area contributed by atoms with E-state index in [2.05, 4.69) is 49.4 Å². The van der Waals surface area contributed by atoms with Crippen LogP contribution < -0.4 is 0 Å². The van der Waals surface area contributed by atoms with Crippen LogP contribution in [0, 0.1) is 6.92 Å². The highest BCUT2D eigenvalue weighted by Gasteiger charge is 2.23. The molecule has 1 aliphatic rings. The maximum atomic E-state index is 10.3. The van der Waals surface area contributed by atoms with E-state index >= 15 is 0 Å². The van der Waals surface area contributed by atoms with Crippen LogP contribution >= 0.6 is 0 Å². The quantitative estimate of drug-likeness (QED) is 0.866. The Morgan fingerprint density at radius 3 is 2.47 bits per heavy atom. The number of rotatable bonds is 4. The van der Waals surface area contributed by atoms with Crippen molar-refractivity contribution in [1.29, 1.82) is 0 Å². The van der Waals surface area contributed by atoms with E-state index in [1.54, 1.807) is 0 Å². The first kappa shape index (κ1) is 12.4. The lowest BCUT2D eigenvalue weighted by atomic mass is 9.98. The molecule has 1 N–H and O–H groups in total. The molecule has 1 nitrogen and oxygen atoms in total. The van der Waals surface area contributed by atoms with Gasteiger partial charge < -0.3 is 5.11 Å². The predicted molar refractivity (Wildman–Crippen MR) is 78.3 cm³/mol. The van der Waals surface area contributed by atoms with E-state index in [1.807, 2.05) is 6.07 Å². The third-order valence-corrected chi connectivity index (χ3v) is 3.88. The molecule has 98 valence electrons. The topological polar surface area (TPSA) is 20.2 Å². The molecule has 1 atom stereocenters. The van der Waals surface area contributed by atoms with E-state index in [0.717, 1.165) is 11.5 Å².